The summed E-state index contributed by atoms with van der Waals surface area (Å²) in [6.07, 6.45) is 0.711. The average molecular weight is 145 g/mol. The Bertz CT molecular complexity index is 104. The van der Waals surface area contributed by atoms with Crippen LogP contribution in [0.1, 0.15) is 13.3 Å². The van der Waals surface area contributed by atoms with Crippen molar-refractivity contribution in [3.8, 4) is 0 Å². The molecule has 0 saturated carbocycles. The molecule has 0 bridgehead atoms. The number of methoxy groups -OCH3 is 1. The summed E-state index contributed by atoms with van der Waals surface area (Å²) in [5.74, 6) is 0.543. The lowest BCUT2D eigenvalue weighted by Gasteiger charge is -2.14. The molecule has 0 spiro atoms. The smallest absolute Gasteiger partial charge is 0.179 e. The molecule has 0 saturated heterocycles. The molecular weight excluding hydrogens is 130 g/mol. The van der Waals surface area contributed by atoms with Crippen molar-refractivity contribution >= 4 is 0 Å². The number of ether oxygens (including phenoxy) is 1. The van der Waals surface area contributed by atoms with E-state index in [0.29, 0.717) is 12.3 Å². The molecule has 0 heterocycles. The molecule has 0 aromatic carbocycles. The monoisotopic (exact) mass is 145 g/mol. The van der Waals surface area contributed by atoms with Crippen LogP contribution in [0.3, 0.4) is 0 Å². The number of hydrogen-bond acceptors (Lipinski definition) is 3. The van der Waals surface area contributed by atoms with E-state index >= 15 is 0 Å². The summed E-state index contributed by atoms with van der Waals surface area (Å²) in [7, 11) is 1.56. The third kappa shape index (κ3) is 4.21. The van der Waals surface area contributed by atoms with Gasteiger partial charge in [-0.25, -0.2) is 0 Å². The van der Waals surface area contributed by atoms with Crippen LogP contribution in [0.25, 0.3) is 0 Å². The zero-order valence-corrected chi connectivity index (χ0v) is 6.55. The van der Waals surface area contributed by atoms with Gasteiger partial charge in [-0.3, -0.25) is 0 Å². The van der Waals surface area contributed by atoms with E-state index < -0.39 is 0 Å². The Hall–Kier alpha value is -0.700. The summed E-state index contributed by atoms with van der Waals surface area (Å²) >= 11 is 0. The fraction of sp³-hybridized carbons (Fsp3) is 0.714. The van der Waals surface area contributed by atoms with Crippen LogP contribution in [0.5, 0.6) is 0 Å². The molecule has 60 valence electrons. The van der Waals surface area contributed by atoms with Crippen molar-refractivity contribution < 1.29 is 9.84 Å². The molecule has 0 amide bonds. The maximum atomic E-state index is 8.51. The van der Waals surface area contributed by atoms with Gasteiger partial charge in [-0.1, -0.05) is 0 Å². The van der Waals surface area contributed by atoms with Gasteiger partial charge in [0.25, 0.3) is 0 Å². The fourth-order valence-corrected chi connectivity index (χ4v) is 0.600. The van der Waals surface area contributed by atoms with E-state index in [0.717, 1.165) is 0 Å². The summed E-state index contributed by atoms with van der Waals surface area (Å²) in [4.78, 5) is 0. The SMILES string of the molecule is C=C(NC(C)CCO)OC. The van der Waals surface area contributed by atoms with Gasteiger partial charge in [0.1, 0.15) is 0 Å². The summed E-state index contributed by atoms with van der Waals surface area (Å²) in [5.41, 5.74) is 0. The minimum atomic E-state index is 0.186. The molecule has 0 rings (SSSR count). The Kier molecular flexibility index (Phi) is 4.76. The van der Waals surface area contributed by atoms with Crippen LogP contribution in [0.2, 0.25) is 0 Å². The summed E-state index contributed by atoms with van der Waals surface area (Å²) in [6.45, 7) is 5.72. The number of aliphatic hydroxyl groups excluding tert-OH is 1. The lowest BCUT2D eigenvalue weighted by Crippen LogP contribution is -2.26. The van der Waals surface area contributed by atoms with Crippen molar-refractivity contribution in [1.82, 2.24) is 5.32 Å². The zero-order valence-electron chi connectivity index (χ0n) is 6.55. The molecule has 3 heteroatoms. The number of rotatable bonds is 5. The third-order valence-corrected chi connectivity index (χ3v) is 1.22. The van der Waals surface area contributed by atoms with Gasteiger partial charge in [-0.2, -0.15) is 0 Å². The van der Waals surface area contributed by atoms with Crippen molar-refractivity contribution in [3.05, 3.63) is 12.5 Å². The Morgan fingerprint density at radius 1 is 1.80 bits per heavy atom. The van der Waals surface area contributed by atoms with Gasteiger partial charge in [0.05, 0.1) is 7.11 Å². The zero-order chi connectivity index (χ0) is 7.98. The Balaban J connectivity index is 3.37. The molecule has 2 N–H and O–H groups in total. The first-order valence-electron chi connectivity index (χ1n) is 3.31. The van der Waals surface area contributed by atoms with Gasteiger partial charge < -0.3 is 15.2 Å². The maximum absolute atomic E-state index is 8.51. The van der Waals surface area contributed by atoms with Gasteiger partial charge in [-0.05, 0) is 19.9 Å². The first kappa shape index (κ1) is 9.30. The van der Waals surface area contributed by atoms with E-state index in [2.05, 4.69) is 11.9 Å². The molecule has 1 atom stereocenters. The van der Waals surface area contributed by atoms with Crippen molar-refractivity contribution in [2.24, 2.45) is 0 Å². The number of hydrogen-bond donors (Lipinski definition) is 2. The van der Waals surface area contributed by atoms with Gasteiger partial charge in [-0.15, -0.1) is 0 Å². The largest absolute Gasteiger partial charge is 0.483 e. The predicted octanol–water partition coefficient (Wildman–Crippen LogP) is 0.464. The molecule has 0 aromatic heterocycles. The highest BCUT2D eigenvalue weighted by atomic mass is 16.5. The molecule has 0 radical (unpaired) electrons. The third-order valence-electron chi connectivity index (χ3n) is 1.22. The van der Waals surface area contributed by atoms with E-state index in [9.17, 15) is 0 Å². The van der Waals surface area contributed by atoms with E-state index in [1.54, 1.807) is 7.11 Å². The first-order valence-corrected chi connectivity index (χ1v) is 3.31. The fourth-order valence-electron chi connectivity index (χ4n) is 0.600. The van der Waals surface area contributed by atoms with E-state index in [1.165, 1.54) is 0 Å². The maximum Gasteiger partial charge on any atom is 0.179 e. The predicted molar refractivity (Wildman–Crippen MR) is 40.4 cm³/mol. The van der Waals surface area contributed by atoms with Crippen LogP contribution in [-0.2, 0) is 4.74 Å². The normalized spacial score (nSPS) is 12.3. The summed E-state index contributed by atoms with van der Waals surface area (Å²) in [6, 6.07) is 0.220. The van der Waals surface area contributed by atoms with Gasteiger partial charge in [0, 0.05) is 12.6 Å². The first-order chi connectivity index (χ1) is 4.70. The molecule has 10 heavy (non-hydrogen) atoms. The van der Waals surface area contributed by atoms with Crippen LogP contribution in [0.15, 0.2) is 12.5 Å². The Labute approximate surface area is 61.7 Å². The molecule has 0 aliphatic carbocycles. The second-order valence-electron chi connectivity index (χ2n) is 2.18. The highest BCUT2D eigenvalue weighted by Gasteiger charge is 1.99. The van der Waals surface area contributed by atoms with Crippen LogP contribution in [0, 0.1) is 0 Å². The van der Waals surface area contributed by atoms with Crippen molar-refractivity contribution in [2.75, 3.05) is 13.7 Å². The van der Waals surface area contributed by atoms with Crippen molar-refractivity contribution in [3.63, 3.8) is 0 Å². The minimum Gasteiger partial charge on any atom is -0.483 e. The second kappa shape index (κ2) is 5.11. The highest BCUT2D eigenvalue weighted by Crippen LogP contribution is 1.92. The lowest BCUT2D eigenvalue weighted by molar-refractivity contribution is 0.232. The topological polar surface area (TPSA) is 41.5 Å². The molecule has 3 nitrogen and oxygen atoms in total. The van der Waals surface area contributed by atoms with E-state index in [4.69, 9.17) is 9.84 Å². The van der Waals surface area contributed by atoms with E-state index in [1.807, 2.05) is 6.92 Å². The molecule has 0 aromatic rings. The number of aliphatic hydroxyl groups is 1. The standard InChI is InChI=1S/C7H15NO2/c1-6(4-5-9)8-7(2)10-3/h6,8-9H,2,4-5H2,1,3H3. The molecule has 1 unspecified atom stereocenters. The van der Waals surface area contributed by atoms with Gasteiger partial charge in [0.2, 0.25) is 0 Å². The molecule has 0 aliphatic heterocycles. The Morgan fingerprint density at radius 3 is 2.80 bits per heavy atom. The van der Waals surface area contributed by atoms with Crippen LogP contribution < -0.4 is 5.32 Å². The van der Waals surface area contributed by atoms with E-state index in [-0.39, 0.29) is 12.6 Å². The van der Waals surface area contributed by atoms with Crippen LogP contribution in [-0.4, -0.2) is 24.9 Å². The molecule has 0 aliphatic rings. The van der Waals surface area contributed by atoms with Crippen LogP contribution >= 0.6 is 0 Å². The van der Waals surface area contributed by atoms with Crippen molar-refractivity contribution in [1.29, 1.82) is 0 Å². The lowest BCUT2D eigenvalue weighted by atomic mass is 10.2. The minimum absolute atomic E-state index is 0.186. The number of nitrogens with one attached hydrogen (secondary N) is 1. The highest BCUT2D eigenvalue weighted by molar-refractivity contribution is 4.81. The van der Waals surface area contributed by atoms with Gasteiger partial charge >= 0.3 is 0 Å². The van der Waals surface area contributed by atoms with Gasteiger partial charge in [0.15, 0.2) is 5.88 Å². The van der Waals surface area contributed by atoms with Crippen molar-refractivity contribution in [2.45, 2.75) is 19.4 Å². The second-order valence-corrected chi connectivity index (χ2v) is 2.18. The molecule has 0 fully saturated rings. The summed E-state index contributed by atoms with van der Waals surface area (Å²) < 4.78 is 4.78. The Morgan fingerprint density at radius 2 is 2.40 bits per heavy atom. The van der Waals surface area contributed by atoms with Crippen LogP contribution in [0.4, 0.5) is 0 Å². The molecular formula is C7H15NO2. The summed E-state index contributed by atoms with van der Waals surface area (Å²) in [5, 5.41) is 11.5. The average Bonchev–Trinajstić information content (AvgIpc) is 1.88. The quantitative estimate of drug-likeness (QED) is 0.552.